The molecule has 0 saturated heterocycles. The molecule has 1 saturated carbocycles. The molecular formula is C17H26N2O2. The van der Waals surface area contributed by atoms with Crippen molar-refractivity contribution in [3.8, 4) is 0 Å². The Morgan fingerprint density at radius 3 is 2.48 bits per heavy atom. The molecule has 1 aromatic rings. The number of hydrogen-bond acceptors (Lipinski definition) is 3. The van der Waals surface area contributed by atoms with E-state index in [1.165, 1.54) is 0 Å². The zero-order chi connectivity index (χ0) is 15.8. The van der Waals surface area contributed by atoms with E-state index in [2.05, 4.69) is 25.2 Å². The van der Waals surface area contributed by atoms with Crippen molar-refractivity contribution < 1.29 is 9.53 Å². The smallest absolute Gasteiger partial charge is 0.412 e. The zero-order valence-electron chi connectivity index (χ0n) is 13.6. The molecule has 0 aromatic heterocycles. The topological polar surface area (TPSA) is 64.3 Å². The number of hydrogen-bond donors (Lipinski definition) is 2. The van der Waals surface area contributed by atoms with Gasteiger partial charge in [0.1, 0.15) is 5.60 Å². The van der Waals surface area contributed by atoms with Crippen LogP contribution in [0.3, 0.4) is 0 Å². The highest BCUT2D eigenvalue weighted by Crippen LogP contribution is 2.64. The Morgan fingerprint density at radius 2 is 1.95 bits per heavy atom. The Kier molecular flexibility index (Phi) is 4.02. The molecule has 1 fully saturated rings. The van der Waals surface area contributed by atoms with Gasteiger partial charge in [-0.3, -0.25) is 5.32 Å². The number of carbonyl (C=O) groups is 1. The molecule has 0 radical (unpaired) electrons. The highest BCUT2D eigenvalue weighted by atomic mass is 16.6. The van der Waals surface area contributed by atoms with Gasteiger partial charge in [0, 0.05) is 5.69 Å². The first-order chi connectivity index (χ1) is 9.66. The van der Waals surface area contributed by atoms with Crippen LogP contribution in [0.25, 0.3) is 0 Å². The first-order valence-corrected chi connectivity index (χ1v) is 7.46. The Balaban J connectivity index is 2.17. The van der Waals surface area contributed by atoms with Crippen molar-refractivity contribution in [2.24, 2.45) is 17.1 Å². The minimum absolute atomic E-state index is 0.181. The molecule has 1 aromatic carbocycles. The van der Waals surface area contributed by atoms with E-state index in [0.717, 1.165) is 11.3 Å². The zero-order valence-corrected chi connectivity index (χ0v) is 13.6. The van der Waals surface area contributed by atoms with Crippen LogP contribution in [-0.2, 0) is 4.74 Å². The number of benzene rings is 1. The molecule has 0 bridgehead atoms. The number of anilines is 1. The lowest BCUT2D eigenvalue weighted by molar-refractivity contribution is 0.0636. The van der Waals surface area contributed by atoms with Gasteiger partial charge in [0.15, 0.2) is 0 Å². The largest absolute Gasteiger partial charge is 0.444 e. The van der Waals surface area contributed by atoms with Crippen molar-refractivity contribution in [2.75, 3.05) is 11.9 Å². The molecule has 2 atom stereocenters. The monoisotopic (exact) mass is 290 g/mol. The Hall–Kier alpha value is -1.55. The Labute approximate surface area is 127 Å². The molecule has 4 heteroatoms. The summed E-state index contributed by atoms with van der Waals surface area (Å²) in [5.41, 5.74) is 7.50. The maximum absolute atomic E-state index is 12.0. The summed E-state index contributed by atoms with van der Waals surface area (Å²) in [7, 11) is 0. The number of rotatable bonds is 3. The van der Waals surface area contributed by atoms with E-state index in [9.17, 15) is 4.79 Å². The summed E-state index contributed by atoms with van der Waals surface area (Å²) in [6, 6.07) is 7.90. The van der Waals surface area contributed by atoms with Crippen LogP contribution in [0.4, 0.5) is 10.5 Å². The predicted octanol–water partition coefficient (Wildman–Crippen LogP) is 3.73. The first kappa shape index (κ1) is 15.8. The normalized spacial score (nSPS) is 23.5. The van der Waals surface area contributed by atoms with Gasteiger partial charge >= 0.3 is 6.09 Å². The summed E-state index contributed by atoms with van der Waals surface area (Å²) in [6.07, 6.45) is -0.419. The highest BCUT2D eigenvalue weighted by Gasteiger charge is 2.57. The fraction of sp³-hybridized carbons (Fsp3) is 0.588. The van der Waals surface area contributed by atoms with Crippen molar-refractivity contribution in [3.63, 3.8) is 0 Å². The molecule has 21 heavy (non-hydrogen) atoms. The Bertz CT molecular complexity index is 532. The summed E-state index contributed by atoms with van der Waals surface area (Å²) in [5.74, 6) is 0.840. The summed E-state index contributed by atoms with van der Waals surface area (Å²) < 4.78 is 5.33. The standard InChI is InChI=1S/C17H26N2O2/c1-16(2,3)21-15(20)19-13-9-7-6-8-11(13)14-12(10-18)17(14,4)5/h6-9,12,14H,10,18H2,1-5H3,(H,19,20)/t12-,14-/m0/s1. The first-order valence-electron chi connectivity index (χ1n) is 7.46. The number of ether oxygens (including phenoxy) is 1. The third kappa shape index (κ3) is 3.38. The number of amides is 1. The third-order valence-corrected chi connectivity index (χ3v) is 4.24. The van der Waals surface area contributed by atoms with Gasteiger partial charge in [-0.15, -0.1) is 0 Å². The molecular weight excluding hydrogens is 264 g/mol. The van der Waals surface area contributed by atoms with Gasteiger partial charge in [0.25, 0.3) is 0 Å². The molecule has 1 aliphatic carbocycles. The second kappa shape index (κ2) is 5.34. The number of para-hydroxylation sites is 1. The molecule has 0 unspecified atom stereocenters. The van der Waals surface area contributed by atoms with Crippen LogP contribution < -0.4 is 11.1 Å². The summed E-state index contributed by atoms with van der Waals surface area (Å²) in [4.78, 5) is 12.0. The molecule has 0 spiro atoms. The summed E-state index contributed by atoms with van der Waals surface area (Å²) >= 11 is 0. The minimum Gasteiger partial charge on any atom is -0.444 e. The maximum atomic E-state index is 12.0. The van der Waals surface area contributed by atoms with E-state index >= 15 is 0 Å². The van der Waals surface area contributed by atoms with E-state index in [1.54, 1.807) is 0 Å². The van der Waals surface area contributed by atoms with Crippen molar-refractivity contribution in [2.45, 2.75) is 46.1 Å². The molecule has 1 aliphatic rings. The van der Waals surface area contributed by atoms with Gasteiger partial charge in [-0.1, -0.05) is 32.0 Å². The predicted molar refractivity (Wildman–Crippen MR) is 85.4 cm³/mol. The van der Waals surface area contributed by atoms with Gasteiger partial charge < -0.3 is 10.5 Å². The van der Waals surface area contributed by atoms with Crippen LogP contribution in [0.2, 0.25) is 0 Å². The lowest BCUT2D eigenvalue weighted by atomic mass is 10.0. The van der Waals surface area contributed by atoms with Crippen LogP contribution in [0.1, 0.15) is 46.1 Å². The summed E-state index contributed by atoms with van der Waals surface area (Å²) in [5, 5.41) is 2.87. The lowest BCUT2D eigenvalue weighted by Gasteiger charge is -2.20. The van der Waals surface area contributed by atoms with Crippen molar-refractivity contribution in [1.29, 1.82) is 0 Å². The summed E-state index contributed by atoms with van der Waals surface area (Å²) in [6.45, 7) is 10.7. The van der Waals surface area contributed by atoms with Gasteiger partial charge in [-0.25, -0.2) is 4.79 Å². The van der Waals surface area contributed by atoms with E-state index in [-0.39, 0.29) is 5.41 Å². The quantitative estimate of drug-likeness (QED) is 0.891. The van der Waals surface area contributed by atoms with Gasteiger partial charge in [0.05, 0.1) is 0 Å². The van der Waals surface area contributed by atoms with E-state index in [1.807, 2.05) is 39.0 Å². The minimum atomic E-state index is -0.502. The van der Waals surface area contributed by atoms with Crippen LogP contribution in [0, 0.1) is 11.3 Å². The van der Waals surface area contributed by atoms with Gasteiger partial charge in [0.2, 0.25) is 0 Å². The third-order valence-electron chi connectivity index (χ3n) is 4.24. The molecule has 4 nitrogen and oxygen atoms in total. The van der Waals surface area contributed by atoms with E-state index < -0.39 is 11.7 Å². The van der Waals surface area contributed by atoms with Crippen molar-refractivity contribution in [1.82, 2.24) is 0 Å². The number of nitrogens with two attached hydrogens (primary N) is 1. The van der Waals surface area contributed by atoms with Crippen LogP contribution >= 0.6 is 0 Å². The molecule has 0 aliphatic heterocycles. The fourth-order valence-corrected chi connectivity index (χ4v) is 3.10. The van der Waals surface area contributed by atoms with Crippen molar-refractivity contribution >= 4 is 11.8 Å². The molecule has 2 rings (SSSR count). The van der Waals surface area contributed by atoms with Gasteiger partial charge in [-0.05, 0) is 56.2 Å². The Morgan fingerprint density at radius 1 is 1.33 bits per heavy atom. The number of carbonyl (C=O) groups excluding carboxylic acids is 1. The molecule has 3 N–H and O–H groups in total. The van der Waals surface area contributed by atoms with Crippen molar-refractivity contribution in [3.05, 3.63) is 29.8 Å². The number of nitrogens with one attached hydrogen (secondary N) is 1. The fourth-order valence-electron chi connectivity index (χ4n) is 3.10. The molecule has 116 valence electrons. The maximum Gasteiger partial charge on any atom is 0.412 e. The van der Waals surface area contributed by atoms with Crippen LogP contribution in [0.5, 0.6) is 0 Å². The average Bonchev–Trinajstić information content (AvgIpc) is 2.89. The molecule has 0 heterocycles. The van der Waals surface area contributed by atoms with E-state index in [4.69, 9.17) is 10.5 Å². The van der Waals surface area contributed by atoms with Crippen LogP contribution in [0.15, 0.2) is 24.3 Å². The second-order valence-electron chi connectivity index (χ2n) is 7.36. The van der Waals surface area contributed by atoms with Gasteiger partial charge in [-0.2, -0.15) is 0 Å². The van der Waals surface area contributed by atoms with E-state index in [0.29, 0.717) is 18.4 Å². The molecule has 1 amide bonds. The average molecular weight is 290 g/mol. The SMILES string of the molecule is CC(C)(C)OC(=O)Nc1ccccc1[C@H]1[C@H](CN)C1(C)C. The second-order valence-corrected chi connectivity index (χ2v) is 7.36. The lowest BCUT2D eigenvalue weighted by Crippen LogP contribution is -2.27. The van der Waals surface area contributed by atoms with Crippen LogP contribution in [-0.4, -0.2) is 18.2 Å². The highest BCUT2D eigenvalue weighted by molar-refractivity contribution is 5.86.